The Morgan fingerprint density at radius 1 is 1.38 bits per heavy atom. The van der Waals surface area contributed by atoms with Gasteiger partial charge in [-0.1, -0.05) is 25.6 Å². The number of aromatic nitrogens is 3. The molecule has 1 aromatic rings. The van der Waals surface area contributed by atoms with E-state index in [2.05, 4.69) is 20.1 Å². The number of carboxylic acids is 1. The molecular formula is C14H22N4O2S. The second kappa shape index (κ2) is 5.96. The number of nitrogens with one attached hydrogen (secondary N) is 1. The van der Waals surface area contributed by atoms with Crippen LogP contribution in [0, 0.1) is 0 Å². The molecule has 2 N–H and O–H groups in total. The fourth-order valence-electron chi connectivity index (χ4n) is 2.43. The molecule has 1 atom stereocenters. The van der Waals surface area contributed by atoms with Gasteiger partial charge in [-0.25, -0.2) is 0 Å². The van der Waals surface area contributed by atoms with Crippen molar-refractivity contribution in [2.75, 3.05) is 5.75 Å². The van der Waals surface area contributed by atoms with Gasteiger partial charge in [0.25, 0.3) is 0 Å². The molecule has 0 aromatic carbocycles. The van der Waals surface area contributed by atoms with E-state index in [-0.39, 0.29) is 6.04 Å². The van der Waals surface area contributed by atoms with Gasteiger partial charge in [0.2, 0.25) is 0 Å². The van der Waals surface area contributed by atoms with Crippen molar-refractivity contribution < 1.29 is 9.90 Å². The molecule has 116 valence electrons. The van der Waals surface area contributed by atoms with Crippen LogP contribution in [0.15, 0.2) is 5.16 Å². The molecule has 2 fully saturated rings. The summed E-state index contributed by atoms with van der Waals surface area (Å²) in [6.07, 6.45) is 4.81. The van der Waals surface area contributed by atoms with Crippen LogP contribution in [0.2, 0.25) is 0 Å². The predicted molar refractivity (Wildman–Crippen MR) is 80.7 cm³/mol. The minimum Gasteiger partial charge on any atom is -0.480 e. The zero-order valence-corrected chi connectivity index (χ0v) is 13.3. The Bertz CT molecular complexity index is 523. The monoisotopic (exact) mass is 310 g/mol. The van der Waals surface area contributed by atoms with Crippen molar-refractivity contribution in [1.82, 2.24) is 20.1 Å². The molecule has 0 aliphatic heterocycles. The molecule has 2 aliphatic carbocycles. The Morgan fingerprint density at radius 3 is 2.62 bits per heavy atom. The van der Waals surface area contributed by atoms with Gasteiger partial charge in [0, 0.05) is 23.8 Å². The number of nitrogens with zero attached hydrogens (tertiary/aromatic N) is 3. The molecule has 0 bridgehead atoms. The SMILES string of the molecule is CC(C)NC(CSc1nnc(C2CC2)n1C1CC1)C(=O)O. The van der Waals surface area contributed by atoms with Gasteiger partial charge in [0.05, 0.1) is 0 Å². The number of rotatable bonds is 8. The Balaban J connectivity index is 1.68. The van der Waals surface area contributed by atoms with Crippen LogP contribution in [0.25, 0.3) is 0 Å². The average Bonchev–Trinajstić information content (AvgIpc) is 3.32. The van der Waals surface area contributed by atoms with Crippen molar-refractivity contribution in [2.24, 2.45) is 0 Å². The molecule has 0 spiro atoms. The summed E-state index contributed by atoms with van der Waals surface area (Å²) in [5.74, 6) is 1.36. The van der Waals surface area contributed by atoms with Gasteiger partial charge in [0.15, 0.2) is 5.16 Å². The normalized spacial score (nSPS) is 20.0. The molecule has 0 saturated heterocycles. The predicted octanol–water partition coefficient (Wildman–Crippen LogP) is 2.03. The van der Waals surface area contributed by atoms with Gasteiger partial charge in [0.1, 0.15) is 11.9 Å². The Morgan fingerprint density at radius 2 is 2.10 bits per heavy atom. The first-order chi connectivity index (χ1) is 10.1. The summed E-state index contributed by atoms with van der Waals surface area (Å²) in [6, 6.07) is 0.137. The largest absolute Gasteiger partial charge is 0.480 e. The summed E-state index contributed by atoms with van der Waals surface area (Å²) in [6.45, 7) is 3.91. The third-order valence-corrected chi connectivity index (χ3v) is 4.79. The molecule has 7 heteroatoms. The van der Waals surface area contributed by atoms with Crippen molar-refractivity contribution in [1.29, 1.82) is 0 Å². The zero-order chi connectivity index (χ0) is 15.0. The van der Waals surface area contributed by atoms with Gasteiger partial charge in [-0.05, 0) is 25.7 Å². The van der Waals surface area contributed by atoms with Crippen molar-refractivity contribution in [2.45, 2.75) is 68.7 Å². The molecule has 6 nitrogen and oxygen atoms in total. The Labute approximate surface area is 128 Å². The first kappa shape index (κ1) is 14.8. The van der Waals surface area contributed by atoms with Crippen LogP contribution in [0.3, 0.4) is 0 Å². The number of aliphatic carboxylic acids is 1. The molecule has 2 saturated carbocycles. The molecule has 2 aliphatic rings. The lowest BCUT2D eigenvalue weighted by Crippen LogP contribution is -2.42. The number of carbonyl (C=O) groups is 1. The second-order valence-electron chi connectivity index (χ2n) is 6.24. The van der Waals surface area contributed by atoms with E-state index in [1.165, 1.54) is 37.4 Å². The average molecular weight is 310 g/mol. The number of hydrogen-bond donors (Lipinski definition) is 2. The minimum absolute atomic E-state index is 0.148. The lowest BCUT2D eigenvalue weighted by atomic mass is 10.3. The molecule has 1 aromatic heterocycles. The number of carboxylic acid groups (broad SMARTS) is 1. The highest BCUT2D eigenvalue weighted by molar-refractivity contribution is 7.99. The summed E-state index contributed by atoms with van der Waals surface area (Å²) in [7, 11) is 0. The Hall–Kier alpha value is -1.08. The van der Waals surface area contributed by atoms with Crippen LogP contribution in [-0.2, 0) is 4.79 Å². The fraction of sp³-hybridized carbons (Fsp3) is 0.786. The van der Waals surface area contributed by atoms with Gasteiger partial charge < -0.3 is 15.0 Å². The maximum absolute atomic E-state index is 11.3. The van der Waals surface area contributed by atoms with E-state index >= 15 is 0 Å². The van der Waals surface area contributed by atoms with E-state index in [9.17, 15) is 9.90 Å². The first-order valence-electron chi connectivity index (χ1n) is 7.62. The van der Waals surface area contributed by atoms with Gasteiger partial charge in [-0.3, -0.25) is 4.79 Å². The van der Waals surface area contributed by atoms with Crippen LogP contribution < -0.4 is 5.32 Å². The van der Waals surface area contributed by atoms with Crippen molar-refractivity contribution in [3.63, 3.8) is 0 Å². The number of hydrogen-bond acceptors (Lipinski definition) is 5. The lowest BCUT2D eigenvalue weighted by Gasteiger charge is -2.17. The van der Waals surface area contributed by atoms with E-state index in [1.54, 1.807) is 0 Å². The summed E-state index contributed by atoms with van der Waals surface area (Å²) >= 11 is 1.51. The van der Waals surface area contributed by atoms with Crippen LogP contribution in [-0.4, -0.2) is 43.7 Å². The molecular weight excluding hydrogens is 288 g/mol. The molecule has 0 radical (unpaired) electrons. The standard InChI is InChI=1S/C14H22N4O2S/c1-8(2)15-11(13(19)20)7-21-14-17-16-12(9-3-4-9)18(14)10-5-6-10/h8-11,15H,3-7H2,1-2H3,(H,19,20). The van der Waals surface area contributed by atoms with E-state index in [0.29, 0.717) is 17.7 Å². The third kappa shape index (κ3) is 3.58. The number of thioether (sulfide) groups is 1. The third-order valence-electron chi connectivity index (χ3n) is 3.76. The summed E-state index contributed by atoms with van der Waals surface area (Å²) < 4.78 is 2.26. The van der Waals surface area contributed by atoms with Crippen molar-refractivity contribution in [3.05, 3.63) is 5.82 Å². The van der Waals surface area contributed by atoms with Gasteiger partial charge in [-0.2, -0.15) is 0 Å². The first-order valence-corrected chi connectivity index (χ1v) is 8.61. The Kier molecular flexibility index (Phi) is 4.21. The second-order valence-corrected chi connectivity index (χ2v) is 7.23. The van der Waals surface area contributed by atoms with E-state index in [4.69, 9.17) is 0 Å². The minimum atomic E-state index is -0.809. The highest BCUT2D eigenvalue weighted by atomic mass is 32.2. The van der Waals surface area contributed by atoms with E-state index < -0.39 is 12.0 Å². The van der Waals surface area contributed by atoms with Crippen molar-refractivity contribution in [3.8, 4) is 0 Å². The summed E-state index contributed by atoms with van der Waals surface area (Å²) in [5, 5.41) is 21.9. The van der Waals surface area contributed by atoms with E-state index in [1.807, 2.05) is 13.8 Å². The lowest BCUT2D eigenvalue weighted by molar-refractivity contribution is -0.139. The molecule has 1 unspecified atom stereocenters. The van der Waals surface area contributed by atoms with Crippen LogP contribution in [0.5, 0.6) is 0 Å². The zero-order valence-electron chi connectivity index (χ0n) is 12.5. The van der Waals surface area contributed by atoms with Gasteiger partial charge >= 0.3 is 5.97 Å². The quantitative estimate of drug-likeness (QED) is 0.715. The van der Waals surface area contributed by atoms with Gasteiger partial charge in [-0.15, -0.1) is 10.2 Å². The van der Waals surface area contributed by atoms with Crippen LogP contribution >= 0.6 is 11.8 Å². The van der Waals surface area contributed by atoms with Crippen molar-refractivity contribution >= 4 is 17.7 Å². The smallest absolute Gasteiger partial charge is 0.321 e. The molecule has 3 rings (SSSR count). The highest BCUT2D eigenvalue weighted by Crippen LogP contribution is 2.46. The fourth-order valence-corrected chi connectivity index (χ4v) is 3.47. The maximum Gasteiger partial charge on any atom is 0.321 e. The van der Waals surface area contributed by atoms with Crippen LogP contribution in [0.1, 0.15) is 57.3 Å². The summed E-state index contributed by atoms with van der Waals surface area (Å²) in [5.41, 5.74) is 0. The highest BCUT2D eigenvalue weighted by Gasteiger charge is 2.36. The molecule has 21 heavy (non-hydrogen) atoms. The van der Waals surface area contributed by atoms with E-state index in [0.717, 1.165) is 11.0 Å². The molecule has 0 amide bonds. The maximum atomic E-state index is 11.3. The topological polar surface area (TPSA) is 80.0 Å². The van der Waals surface area contributed by atoms with Crippen LogP contribution in [0.4, 0.5) is 0 Å². The molecule has 1 heterocycles. The summed E-state index contributed by atoms with van der Waals surface area (Å²) in [4.78, 5) is 11.3.